The normalized spacial score (nSPS) is 23.8. The maximum Gasteiger partial charge on any atom is 0.0192 e. The first-order valence-electron chi connectivity index (χ1n) is 6.86. The van der Waals surface area contributed by atoms with Gasteiger partial charge in [0.15, 0.2) is 0 Å². The van der Waals surface area contributed by atoms with Gasteiger partial charge < -0.3 is 15.5 Å². The Morgan fingerprint density at radius 3 is 2.44 bits per heavy atom. The quantitative estimate of drug-likeness (QED) is 0.670. The van der Waals surface area contributed by atoms with Gasteiger partial charge in [-0.15, -0.1) is 0 Å². The SMILES string of the molecule is CC1CN(CCCCCCCN)CCN1C. The fourth-order valence-electron chi connectivity index (χ4n) is 2.34. The molecule has 2 N–H and O–H groups in total. The third-order valence-corrected chi connectivity index (χ3v) is 3.72. The number of hydrogen-bond acceptors (Lipinski definition) is 3. The summed E-state index contributed by atoms with van der Waals surface area (Å²) in [5.74, 6) is 0. The van der Waals surface area contributed by atoms with Crippen molar-refractivity contribution < 1.29 is 0 Å². The van der Waals surface area contributed by atoms with Gasteiger partial charge in [-0.05, 0) is 39.9 Å². The van der Waals surface area contributed by atoms with E-state index in [1.165, 1.54) is 58.3 Å². The summed E-state index contributed by atoms with van der Waals surface area (Å²) in [7, 11) is 2.23. The highest BCUT2D eigenvalue weighted by Crippen LogP contribution is 2.09. The van der Waals surface area contributed by atoms with Crippen LogP contribution in [0, 0.1) is 0 Å². The molecule has 0 aromatic rings. The van der Waals surface area contributed by atoms with Crippen LogP contribution in [0.5, 0.6) is 0 Å². The first kappa shape index (κ1) is 13.9. The van der Waals surface area contributed by atoms with E-state index in [9.17, 15) is 0 Å². The molecule has 0 aliphatic carbocycles. The van der Waals surface area contributed by atoms with Gasteiger partial charge in [-0.1, -0.05) is 19.3 Å². The van der Waals surface area contributed by atoms with Gasteiger partial charge in [-0.2, -0.15) is 0 Å². The molecular weight excluding hydrogens is 198 g/mol. The summed E-state index contributed by atoms with van der Waals surface area (Å²) < 4.78 is 0. The molecule has 1 unspecified atom stereocenters. The molecule has 1 fully saturated rings. The van der Waals surface area contributed by atoms with E-state index in [0.717, 1.165) is 12.6 Å². The molecule has 0 bridgehead atoms. The Hall–Kier alpha value is -0.120. The van der Waals surface area contributed by atoms with Crippen molar-refractivity contribution in [2.75, 3.05) is 39.8 Å². The van der Waals surface area contributed by atoms with Crippen molar-refractivity contribution in [1.82, 2.24) is 9.80 Å². The minimum atomic E-state index is 0.728. The average Bonchev–Trinajstić information content (AvgIpc) is 2.28. The van der Waals surface area contributed by atoms with Crippen LogP contribution < -0.4 is 5.73 Å². The lowest BCUT2D eigenvalue weighted by atomic mass is 10.1. The van der Waals surface area contributed by atoms with Gasteiger partial charge in [0, 0.05) is 25.7 Å². The minimum absolute atomic E-state index is 0.728. The van der Waals surface area contributed by atoms with Crippen LogP contribution in [0.15, 0.2) is 0 Å². The van der Waals surface area contributed by atoms with Gasteiger partial charge in [0.2, 0.25) is 0 Å². The molecule has 0 aromatic heterocycles. The van der Waals surface area contributed by atoms with Gasteiger partial charge in [-0.25, -0.2) is 0 Å². The predicted molar refractivity (Wildman–Crippen MR) is 70.7 cm³/mol. The number of unbranched alkanes of at least 4 members (excludes halogenated alkanes) is 4. The van der Waals surface area contributed by atoms with E-state index < -0.39 is 0 Å². The number of nitrogens with two attached hydrogens (primary N) is 1. The fraction of sp³-hybridized carbons (Fsp3) is 1.00. The molecule has 1 atom stereocenters. The lowest BCUT2D eigenvalue weighted by Crippen LogP contribution is -2.50. The molecule has 0 aromatic carbocycles. The summed E-state index contributed by atoms with van der Waals surface area (Å²) in [6, 6.07) is 0.728. The zero-order valence-corrected chi connectivity index (χ0v) is 11.1. The molecule has 1 saturated heterocycles. The lowest BCUT2D eigenvalue weighted by molar-refractivity contribution is 0.104. The average molecular weight is 227 g/mol. The molecule has 1 heterocycles. The van der Waals surface area contributed by atoms with Gasteiger partial charge >= 0.3 is 0 Å². The van der Waals surface area contributed by atoms with Gasteiger partial charge in [0.25, 0.3) is 0 Å². The molecule has 1 aliphatic heterocycles. The Labute approximate surface area is 101 Å². The third-order valence-electron chi connectivity index (χ3n) is 3.72. The number of hydrogen-bond donors (Lipinski definition) is 1. The zero-order valence-electron chi connectivity index (χ0n) is 11.1. The highest BCUT2D eigenvalue weighted by Gasteiger charge is 2.19. The lowest BCUT2D eigenvalue weighted by Gasteiger charge is -2.37. The monoisotopic (exact) mass is 227 g/mol. The van der Waals surface area contributed by atoms with Crippen LogP contribution in [-0.4, -0.2) is 55.6 Å². The molecule has 1 rings (SSSR count). The van der Waals surface area contributed by atoms with Gasteiger partial charge in [0.1, 0.15) is 0 Å². The van der Waals surface area contributed by atoms with Crippen LogP contribution in [0.3, 0.4) is 0 Å². The second kappa shape index (κ2) is 8.04. The standard InChI is InChI=1S/C13H29N3/c1-13-12-16(11-10-15(13)2)9-7-5-3-4-6-8-14/h13H,3-12,14H2,1-2H3. The Balaban J connectivity index is 1.97. The molecular formula is C13H29N3. The molecule has 0 saturated carbocycles. The van der Waals surface area contributed by atoms with Crippen LogP contribution in [-0.2, 0) is 0 Å². The van der Waals surface area contributed by atoms with Crippen LogP contribution in [0.1, 0.15) is 39.0 Å². The largest absolute Gasteiger partial charge is 0.330 e. The van der Waals surface area contributed by atoms with Crippen molar-refractivity contribution in [3.05, 3.63) is 0 Å². The Morgan fingerprint density at radius 2 is 1.75 bits per heavy atom. The van der Waals surface area contributed by atoms with Crippen molar-refractivity contribution >= 4 is 0 Å². The number of nitrogens with zero attached hydrogens (tertiary/aromatic N) is 2. The molecule has 0 spiro atoms. The predicted octanol–water partition coefficient (Wildman–Crippen LogP) is 1.53. The van der Waals surface area contributed by atoms with Gasteiger partial charge in [-0.3, -0.25) is 0 Å². The first-order valence-corrected chi connectivity index (χ1v) is 6.86. The summed E-state index contributed by atoms with van der Waals surface area (Å²) in [5.41, 5.74) is 5.48. The summed E-state index contributed by atoms with van der Waals surface area (Å²) in [6.45, 7) is 8.21. The van der Waals surface area contributed by atoms with Crippen molar-refractivity contribution in [3.63, 3.8) is 0 Å². The van der Waals surface area contributed by atoms with Crippen LogP contribution in [0.4, 0.5) is 0 Å². The highest BCUT2D eigenvalue weighted by atomic mass is 15.3. The third kappa shape index (κ3) is 5.28. The van der Waals surface area contributed by atoms with Crippen LogP contribution >= 0.6 is 0 Å². The van der Waals surface area contributed by atoms with Crippen molar-refractivity contribution in [2.45, 2.75) is 45.1 Å². The van der Waals surface area contributed by atoms with Crippen molar-refractivity contribution in [2.24, 2.45) is 5.73 Å². The smallest absolute Gasteiger partial charge is 0.0192 e. The Morgan fingerprint density at radius 1 is 1.06 bits per heavy atom. The van der Waals surface area contributed by atoms with E-state index in [-0.39, 0.29) is 0 Å². The Kier molecular flexibility index (Phi) is 7.01. The van der Waals surface area contributed by atoms with Gasteiger partial charge in [0.05, 0.1) is 0 Å². The summed E-state index contributed by atoms with van der Waals surface area (Å²) in [5, 5.41) is 0. The maximum atomic E-state index is 5.48. The van der Waals surface area contributed by atoms with E-state index in [0.29, 0.717) is 0 Å². The summed E-state index contributed by atoms with van der Waals surface area (Å²) >= 11 is 0. The molecule has 0 radical (unpaired) electrons. The molecule has 1 aliphatic rings. The molecule has 3 heteroatoms. The number of rotatable bonds is 7. The first-order chi connectivity index (χ1) is 7.74. The van der Waals surface area contributed by atoms with E-state index in [1.807, 2.05) is 0 Å². The highest BCUT2D eigenvalue weighted by molar-refractivity contribution is 4.76. The van der Waals surface area contributed by atoms with Crippen molar-refractivity contribution in [1.29, 1.82) is 0 Å². The maximum absolute atomic E-state index is 5.48. The van der Waals surface area contributed by atoms with E-state index >= 15 is 0 Å². The zero-order chi connectivity index (χ0) is 11.8. The fourth-order valence-corrected chi connectivity index (χ4v) is 2.34. The summed E-state index contributed by atoms with van der Waals surface area (Å²) in [6.07, 6.45) is 6.61. The minimum Gasteiger partial charge on any atom is -0.330 e. The Bertz CT molecular complexity index is 173. The van der Waals surface area contributed by atoms with Crippen LogP contribution in [0.25, 0.3) is 0 Å². The van der Waals surface area contributed by atoms with E-state index in [1.54, 1.807) is 0 Å². The van der Waals surface area contributed by atoms with Crippen LogP contribution in [0.2, 0.25) is 0 Å². The van der Waals surface area contributed by atoms with Crippen molar-refractivity contribution in [3.8, 4) is 0 Å². The molecule has 0 amide bonds. The number of likely N-dealkylation sites (N-methyl/N-ethyl adjacent to an activating group) is 1. The topological polar surface area (TPSA) is 32.5 Å². The molecule has 3 nitrogen and oxygen atoms in total. The van der Waals surface area contributed by atoms with E-state index in [4.69, 9.17) is 5.73 Å². The summed E-state index contributed by atoms with van der Waals surface area (Å²) in [4.78, 5) is 5.07. The molecule has 96 valence electrons. The molecule has 16 heavy (non-hydrogen) atoms. The number of piperazine rings is 1. The second-order valence-electron chi connectivity index (χ2n) is 5.19. The second-order valence-corrected chi connectivity index (χ2v) is 5.19. The van der Waals surface area contributed by atoms with E-state index in [2.05, 4.69) is 23.8 Å².